The van der Waals surface area contributed by atoms with Crippen LogP contribution in [-0.2, 0) is 6.42 Å². The van der Waals surface area contributed by atoms with E-state index in [1.807, 2.05) is 42.7 Å². The molecule has 0 spiro atoms. The summed E-state index contributed by atoms with van der Waals surface area (Å²) in [7, 11) is 0. The van der Waals surface area contributed by atoms with E-state index in [1.165, 1.54) is 5.56 Å². The van der Waals surface area contributed by atoms with Crippen LogP contribution in [0.1, 0.15) is 11.1 Å². The minimum Gasteiger partial charge on any atom is -0.384 e. The van der Waals surface area contributed by atoms with E-state index in [4.69, 9.17) is 0 Å². The van der Waals surface area contributed by atoms with Crippen molar-refractivity contribution in [1.82, 2.24) is 0 Å². The predicted molar refractivity (Wildman–Crippen MR) is 81.6 cm³/mol. The van der Waals surface area contributed by atoms with Gasteiger partial charge in [-0.05, 0) is 30.4 Å². The van der Waals surface area contributed by atoms with E-state index in [9.17, 15) is 5.26 Å². The van der Waals surface area contributed by atoms with E-state index in [2.05, 4.69) is 23.5 Å². The zero-order chi connectivity index (χ0) is 13.5. The Morgan fingerprint density at radius 2 is 1.89 bits per heavy atom. The van der Waals surface area contributed by atoms with Gasteiger partial charge in [0.2, 0.25) is 0 Å². The maximum absolute atomic E-state index is 9.24. The van der Waals surface area contributed by atoms with Crippen molar-refractivity contribution >= 4 is 17.4 Å². The first-order valence-electron chi connectivity index (χ1n) is 6.20. The number of anilines is 1. The largest absolute Gasteiger partial charge is 0.384 e. The Morgan fingerprint density at radius 3 is 2.58 bits per heavy atom. The van der Waals surface area contributed by atoms with Crippen LogP contribution in [0.3, 0.4) is 0 Å². The van der Waals surface area contributed by atoms with Crippen LogP contribution in [0.2, 0.25) is 0 Å². The van der Waals surface area contributed by atoms with Gasteiger partial charge in [-0.1, -0.05) is 36.4 Å². The minimum absolute atomic E-state index is 0.739. The van der Waals surface area contributed by atoms with Gasteiger partial charge in [0.25, 0.3) is 0 Å². The van der Waals surface area contributed by atoms with Crippen LogP contribution in [0.5, 0.6) is 0 Å². The first-order valence-corrected chi connectivity index (χ1v) is 7.42. The van der Waals surface area contributed by atoms with Crippen LogP contribution in [0.15, 0.2) is 53.4 Å². The van der Waals surface area contributed by atoms with Crippen molar-refractivity contribution in [3.8, 4) is 6.07 Å². The molecule has 2 nitrogen and oxygen atoms in total. The summed E-state index contributed by atoms with van der Waals surface area (Å²) >= 11 is 1.60. The molecule has 19 heavy (non-hydrogen) atoms. The average molecular weight is 268 g/mol. The lowest BCUT2D eigenvalue weighted by atomic mass is 10.1. The highest BCUT2D eigenvalue weighted by atomic mass is 32.2. The number of hydrogen-bond donors (Lipinski definition) is 1. The van der Waals surface area contributed by atoms with Crippen LogP contribution in [0.25, 0.3) is 0 Å². The van der Waals surface area contributed by atoms with Gasteiger partial charge in [0, 0.05) is 11.4 Å². The van der Waals surface area contributed by atoms with Crippen LogP contribution in [0, 0.1) is 11.3 Å². The first-order chi connectivity index (χ1) is 9.35. The molecule has 3 heteroatoms. The van der Waals surface area contributed by atoms with Crippen molar-refractivity contribution in [3.63, 3.8) is 0 Å². The molecule has 0 aliphatic rings. The summed E-state index contributed by atoms with van der Waals surface area (Å²) in [5.74, 6) is 0. The van der Waals surface area contributed by atoms with Gasteiger partial charge >= 0.3 is 0 Å². The topological polar surface area (TPSA) is 35.8 Å². The van der Waals surface area contributed by atoms with Crippen LogP contribution in [0.4, 0.5) is 5.69 Å². The molecule has 0 unspecified atom stereocenters. The lowest BCUT2D eigenvalue weighted by molar-refractivity contribution is 1.02. The SMILES string of the molecule is CSc1cccc(NCCc2ccccc2)c1C#N. The maximum atomic E-state index is 9.24. The lowest BCUT2D eigenvalue weighted by Gasteiger charge is -2.10. The highest BCUT2D eigenvalue weighted by Crippen LogP contribution is 2.26. The van der Waals surface area contributed by atoms with E-state index in [0.717, 1.165) is 29.1 Å². The number of benzene rings is 2. The Labute approximate surface area is 118 Å². The van der Waals surface area contributed by atoms with Crippen molar-refractivity contribution in [3.05, 3.63) is 59.7 Å². The average Bonchev–Trinajstić information content (AvgIpc) is 2.48. The molecule has 0 aromatic heterocycles. The molecular formula is C16H16N2S. The van der Waals surface area contributed by atoms with Gasteiger partial charge in [-0.15, -0.1) is 11.8 Å². The molecule has 96 valence electrons. The summed E-state index contributed by atoms with van der Waals surface area (Å²) in [6, 6.07) is 18.5. The van der Waals surface area contributed by atoms with Gasteiger partial charge in [-0.25, -0.2) is 0 Å². The molecule has 0 aliphatic carbocycles. The highest BCUT2D eigenvalue weighted by Gasteiger charge is 2.06. The predicted octanol–water partition coefficient (Wildman–Crippen LogP) is 3.93. The smallest absolute Gasteiger partial charge is 0.102 e. The van der Waals surface area contributed by atoms with Crippen LogP contribution >= 0.6 is 11.8 Å². The molecule has 0 bridgehead atoms. The minimum atomic E-state index is 0.739. The van der Waals surface area contributed by atoms with Gasteiger partial charge in [-0.3, -0.25) is 0 Å². The molecule has 0 aliphatic heterocycles. The molecule has 0 amide bonds. The Hall–Kier alpha value is -1.92. The Kier molecular flexibility index (Phi) is 4.88. The molecule has 0 saturated carbocycles. The zero-order valence-corrected chi connectivity index (χ0v) is 11.7. The third-order valence-electron chi connectivity index (χ3n) is 2.93. The second-order valence-corrected chi connectivity index (χ2v) is 5.01. The number of thioether (sulfide) groups is 1. The lowest BCUT2D eigenvalue weighted by Crippen LogP contribution is -2.06. The molecule has 0 heterocycles. The third-order valence-corrected chi connectivity index (χ3v) is 3.71. The summed E-state index contributed by atoms with van der Waals surface area (Å²) in [6.07, 6.45) is 2.94. The van der Waals surface area contributed by atoms with Gasteiger partial charge in [-0.2, -0.15) is 5.26 Å². The third kappa shape index (κ3) is 3.52. The normalized spacial score (nSPS) is 9.89. The number of hydrogen-bond acceptors (Lipinski definition) is 3. The fraction of sp³-hybridized carbons (Fsp3) is 0.188. The van der Waals surface area contributed by atoms with Crippen molar-refractivity contribution in [2.24, 2.45) is 0 Å². The molecule has 0 fully saturated rings. The first kappa shape index (κ1) is 13.5. The van der Waals surface area contributed by atoms with Crippen molar-refractivity contribution in [2.45, 2.75) is 11.3 Å². The fourth-order valence-corrected chi connectivity index (χ4v) is 2.52. The van der Waals surface area contributed by atoms with Crippen molar-refractivity contribution in [2.75, 3.05) is 18.1 Å². The van der Waals surface area contributed by atoms with Gasteiger partial charge in [0.15, 0.2) is 0 Å². The molecule has 0 saturated heterocycles. The zero-order valence-electron chi connectivity index (χ0n) is 10.9. The van der Waals surface area contributed by atoms with E-state index in [1.54, 1.807) is 11.8 Å². The van der Waals surface area contributed by atoms with E-state index >= 15 is 0 Å². The maximum Gasteiger partial charge on any atom is 0.102 e. The molecule has 1 N–H and O–H groups in total. The number of nitriles is 1. The van der Waals surface area contributed by atoms with Crippen LogP contribution in [-0.4, -0.2) is 12.8 Å². The summed E-state index contributed by atoms with van der Waals surface area (Å²) in [5, 5.41) is 12.6. The van der Waals surface area contributed by atoms with Gasteiger partial charge in [0.05, 0.1) is 11.3 Å². The van der Waals surface area contributed by atoms with E-state index in [0.29, 0.717) is 0 Å². The van der Waals surface area contributed by atoms with Crippen LogP contribution < -0.4 is 5.32 Å². The molecular weight excluding hydrogens is 252 g/mol. The monoisotopic (exact) mass is 268 g/mol. The summed E-state index contributed by atoms with van der Waals surface area (Å²) in [5.41, 5.74) is 2.96. The Morgan fingerprint density at radius 1 is 1.11 bits per heavy atom. The second kappa shape index (κ2) is 6.86. The molecule has 0 atom stereocenters. The molecule has 2 aromatic carbocycles. The fourth-order valence-electron chi connectivity index (χ4n) is 1.95. The van der Waals surface area contributed by atoms with Gasteiger partial charge < -0.3 is 5.32 Å². The van der Waals surface area contributed by atoms with Gasteiger partial charge in [0.1, 0.15) is 6.07 Å². The van der Waals surface area contributed by atoms with E-state index < -0.39 is 0 Å². The quantitative estimate of drug-likeness (QED) is 0.834. The molecule has 0 radical (unpaired) electrons. The summed E-state index contributed by atoms with van der Waals surface area (Å²) in [4.78, 5) is 1.02. The number of nitrogens with zero attached hydrogens (tertiary/aromatic N) is 1. The number of nitrogens with one attached hydrogen (secondary N) is 1. The number of rotatable bonds is 5. The second-order valence-electron chi connectivity index (χ2n) is 4.16. The standard InChI is InChI=1S/C16H16N2S/c1-19-16-9-5-8-15(14(16)12-17)18-11-10-13-6-3-2-4-7-13/h2-9,18H,10-11H2,1H3. The Balaban J connectivity index is 2.02. The van der Waals surface area contributed by atoms with E-state index in [-0.39, 0.29) is 0 Å². The van der Waals surface area contributed by atoms with Crippen molar-refractivity contribution < 1.29 is 0 Å². The summed E-state index contributed by atoms with van der Waals surface area (Å²) in [6.45, 7) is 0.830. The molecule has 2 rings (SSSR count). The summed E-state index contributed by atoms with van der Waals surface area (Å²) < 4.78 is 0. The van der Waals surface area contributed by atoms with Crippen molar-refractivity contribution in [1.29, 1.82) is 5.26 Å². The Bertz CT molecular complexity index is 573. The highest BCUT2D eigenvalue weighted by molar-refractivity contribution is 7.98. The molecule has 2 aromatic rings.